The Morgan fingerprint density at radius 1 is 1.23 bits per heavy atom. The SMILES string of the molecule is O=C(NCc1cc(Br)ccc1F)c1ccccc1OC(F)F. The smallest absolute Gasteiger partial charge is 0.387 e. The Balaban J connectivity index is 2.11. The van der Waals surface area contributed by atoms with E-state index in [0.717, 1.165) is 0 Å². The monoisotopic (exact) mass is 373 g/mol. The van der Waals surface area contributed by atoms with Crippen molar-refractivity contribution in [3.05, 3.63) is 63.9 Å². The number of rotatable bonds is 5. The number of halogens is 4. The van der Waals surface area contributed by atoms with Crippen LogP contribution in [0.2, 0.25) is 0 Å². The molecule has 0 radical (unpaired) electrons. The van der Waals surface area contributed by atoms with Crippen LogP contribution in [0.1, 0.15) is 15.9 Å². The van der Waals surface area contributed by atoms with Crippen LogP contribution < -0.4 is 10.1 Å². The van der Waals surface area contributed by atoms with Crippen molar-refractivity contribution in [3.63, 3.8) is 0 Å². The molecule has 0 aliphatic carbocycles. The molecule has 7 heteroatoms. The minimum atomic E-state index is -3.03. The van der Waals surface area contributed by atoms with E-state index in [1.807, 2.05) is 0 Å². The highest BCUT2D eigenvalue weighted by molar-refractivity contribution is 9.10. The Morgan fingerprint density at radius 3 is 2.68 bits per heavy atom. The number of carbonyl (C=O) groups excluding carboxylic acids is 1. The van der Waals surface area contributed by atoms with Crippen LogP contribution in [0.25, 0.3) is 0 Å². The quantitative estimate of drug-likeness (QED) is 0.855. The Labute approximate surface area is 133 Å². The molecule has 0 saturated carbocycles. The zero-order chi connectivity index (χ0) is 16.1. The van der Waals surface area contributed by atoms with Gasteiger partial charge in [-0.15, -0.1) is 0 Å². The van der Waals surface area contributed by atoms with Gasteiger partial charge in [-0.3, -0.25) is 4.79 Å². The lowest BCUT2D eigenvalue weighted by Gasteiger charge is -2.11. The first-order chi connectivity index (χ1) is 10.5. The second-order valence-corrected chi connectivity index (χ2v) is 5.21. The molecule has 2 rings (SSSR count). The van der Waals surface area contributed by atoms with Gasteiger partial charge in [-0.2, -0.15) is 8.78 Å². The molecule has 0 saturated heterocycles. The van der Waals surface area contributed by atoms with Crippen molar-refractivity contribution in [1.29, 1.82) is 0 Å². The fraction of sp³-hybridized carbons (Fsp3) is 0.133. The number of ether oxygens (including phenoxy) is 1. The molecule has 0 bridgehead atoms. The van der Waals surface area contributed by atoms with Gasteiger partial charge >= 0.3 is 6.61 Å². The van der Waals surface area contributed by atoms with Crippen molar-refractivity contribution < 1.29 is 22.7 Å². The summed E-state index contributed by atoms with van der Waals surface area (Å²) in [5.41, 5.74) is 0.230. The summed E-state index contributed by atoms with van der Waals surface area (Å²) in [6, 6.07) is 9.93. The van der Waals surface area contributed by atoms with Gasteiger partial charge in [0, 0.05) is 16.6 Å². The molecule has 0 fully saturated rings. The van der Waals surface area contributed by atoms with Crippen LogP contribution in [0, 0.1) is 5.82 Å². The van der Waals surface area contributed by atoms with E-state index < -0.39 is 18.3 Å². The third-order valence-electron chi connectivity index (χ3n) is 2.79. The second-order valence-electron chi connectivity index (χ2n) is 4.29. The molecular formula is C15H11BrF3NO2. The summed E-state index contributed by atoms with van der Waals surface area (Å²) in [5, 5.41) is 2.47. The minimum absolute atomic E-state index is 0.0433. The van der Waals surface area contributed by atoms with E-state index in [2.05, 4.69) is 26.0 Å². The average molecular weight is 374 g/mol. The van der Waals surface area contributed by atoms with Gasteiger partial charge in [-0.1, -0.05) is 28.1 Å². The number of hydrogen-bond donors (Lipinski definition) is 1. The van der Waals surface area contributed by atoms with Gasteiger partial charge in [-0.05, 0) is 30.3 Å². The summed E-state index contributed by atoms with van der Waals surface area (Å²) in [6.45, 7) is -3.11. The first kappa shape index (κ1) is 16.4. The lowest BCUT2D eigenvalue weighted by Crippen LogP contribution is -2.24. The van der Waals surface area contributed by atoms with Gasteiger partial charge in [0.15, 0.2) is 0 Å². The maximum Gasteiger partial charge on any atom is 0.387 e. The maximum atomic E-state index is 13.6. The van der Waals surface area contributed by atoms with Crippen LogP contribution in [-0.4, -0.2) is 12.5 Å². The highest BCUT2D eigenvalue weighted by Gasteiger charge is 2.15. The van der Waals surface area contributed by atoms with E-state index in [1.54, 1.807) is 0 Å². The third kappa shape index (κ3) is 4.24. The first-order valence-corrected chi connectivity index (χ1v) is 7.02. The normalized spacial score (nSPS) is 10.6. The van der Waals surface area contributed by atoms with Gasteiger partial charge in [0.1, 0.15) is 11.6 Å². The van der Waals surface area contributed by atoms with Gasteiger partial charge < -0.3 is 10.1 Å². The van der Waals surface area contributed by atoms with Crippen molar-refractivity contribution in [1.82, 2.24) is 5.32 Å². The number of carbonyl (C=O) groups is 1. The molecule has 22 heavy (non-hydrogen) atoms. The molecule has 1 N–H and O–H groups in total. The van der Waals surface area contributed by atoms with Crippen LogP contribution in [0.15, 0.2) is 46.9 Å². The Morgan fingerprint density at radius 2 is 1.95 bits per heavy atom. The van der Waals surface area contributed by atoms with E-state index >= 15 is 0 Å². The van der Waals surface area contributed by atoms with Crippen molar-refractivity contribution in [2.45, 2.75) is 13.2 Å². The molecule has 116 valence electrons. The van der Waals surface area contributed by atoms with E-state index in [1.165, 1.54) is 42.5 Å². The maximum absolute atomic E-state index is 13.6. The van der Waals surface area contributed by atoms with Crippen LogP contribution in [0.5, 0.6) is 5.75 Å². The van der Waals surface area contributed by atoms with Crippen molar-refractivity contribution >= 4 is 21.8 Å². The van der Waals surface area contributed by atoms with E-state index in [4.69, 9.17) is 0 Å². The average Bonchev–Trinajstić information content (AvgIpc) is 2.48. The van der Waals surface area contributed by atoms with Crippen molar-refractivity contribution in [2.24, 2.45) is 0 Å². The molecule has 0 aliphatic heterocycles. The van der Waals surface area contributed by atoms with E-state index in [9.17, 15) is 18.0 Å². The van der Waals surface area contributed by atoms with Crippen LogP contribution in [0.4, 0.5) is 13.2 Å². The van der Waals surface area contributed by atoms with Crippen LogP contribution in [0.3, 0.4) is 0 Å². The van der Waals surface area contributed by atoms with Crippen molar-refractivity contribution in [2.75, 3.05) is 0 Å². The second kappa shape index (κ2) is 7.31. The summed E-state index contributed by atoms with van der Waals surface area (Å²) < 4.78 is 43.1. The highest BCUT2D eigenvalue weighted by Crippen LogP contribution is 2.20. The number of hydrogen-bond acceptors (Lipinski definition) is 2. The predicted molar refractivity (Wildman–Crippen MR) is 78.3 cm³/mol. The van der Waals surface area contributed by atoms with E-state index in [-0.39, 0.29) is 23.4 Å². The zero-order valence-corrected chi connectivity index (χ0v) is 12.7. The first-order valence-electron chi connectivity index (χ1n) is 6.23. The molecule has 0 heterocycles. The van der Waals surface area contributed by atoms with Gasteiger partial charge in [0.05, 0.1) is 5.56 Å². The fourth-order valence-corrected chi connectivity index (χ4v) is 2.21. The molecule has 0 aromatic heterocycles. The number of nitrogens with one attached hydrogen (secondary N) is 1. The summed E-state index contributed by atoms with van der Waals surface area (Å²) in [7, 11) is 0. The number of benzene rings is 2. The lowest BCUT2D eigenvalue weighted by atomic mass is 10.1. The van der Waals surface area contributed by atoms with Gasteiger partial charge in [0.25, 0.3) is 5.91 Å². The van der Waals surface area contributed by atoms with Crippen LogP contribution >= 0.6 is 15.9 Å². The Hall–Kier alpha value is -2.02. The zero-order valence-electron chi connectivity index (χ0n) is 11.2. The number of alkyl halides is 2. The molecule has 0 atom stereocenters. The minimum Gasteiger partial charge on any atom is -0.434 e. The summed E-state index contributed by atoms with van der Waals surface area (Å²) >= 11 is 3.20. The lowest BCUT2D eigenvalue weighted by molar-refractivity contribution is -0.0501. The standard InChI is InChI=1S/C15H11BrF3NO2/c16-10-5-6-12(17)9(7-10)8-20-14(21)11-3-1-2-4-13(11)22-15(18)19/h1-7,15H,8H2,(H,20,21). The van der Waals surface area contributed by atoms with Crippen molar-refractivity contribution in [3.8, 4) is 5.75 Å². The summed E-state index contributed by atoms with van der Waals surface area (Å²) in [6.07, 6.45) is 0. The molecule has 2 aromatic carbocycles. The summed E-state index contributed by atoms with van der Waals surface area (Å²) in [5.74, 6) is -1.33. The molecule has 0 aliphatic rings. The van der Waals surface area contributed by atoms with Crippen LogP contribution in [-0.2, 0) is 6.54 Å². The molecule has 0 unspecified atom stereocenters. The fourth-order valence-electron chi connectivity index (χ4n) is 1.80. The Kier molecular flexibility index (Phi) is 5.43. The molecule has 2 aromatic rings. The summed E-state index contributed by atoms with van der Waals surface area (Å²) in [4.78, 5) is 12.0. The largest absolute Gasteiger partial charge is 0.434 e. The predicted octanol–water partition coefficient (Wildman–Crippen LogP) is 4.12. The van der Waals surface area contributed by atoms with E-state index in [0.29, 0.717) is 4.47 Å². The number of para-hydroxylation sites is 1. The molecule has 0 spiro atoms. The topological polar surface area (TPSA) is 38.3 Å². The van der Waals surface area contributed by atoms with Gasteiger partial charge in [0.2, 0.25) is 0 Å². The molecule has 3 nitrogen and oxygen atoms in total. The molecule has 1 amide bonds. The third-order valence-corrected chi connectivity index (χ3v) is 3.29. The highest BCUT2D eigenvalue weighted by atomic mass is 79.9. The molecular weight excluding hydrogens is 363 g/mol. The van der Waals surface area contributed by atoms with Gasteiger partial charge in [-0.25, -0.2) is 4.39 Å². The number of amides is 1. The Bertz CT molecular complexity index is 680.